The molecule has 11 nitrogen and oxygen atoms in total. The quantitative estimate of drug-likeness (QED) is 0.251. The number of amides is 1. The molecule has 2 aliphatic rings. The first-order valence-electron chi connectivity index (χ1n) is 12.6. The van der Waals surface area contributed by atoms with Gasteiger partial charge in [0.05, 0.1) is 12.8 Å². The lowest BCUT2D eigenvalue weighted by molar-refractivity contribution is -0.136. The molecule has 0 aliphatic carbocycles. The molecule has 2 N–H and O–H groups in total. The fraction of sp³-hybridized carbons (Fsp3) is 0.542. The molecule has 4 rings (SSSR count). The Morgan fingerprint density at radius 3 is 2.23 bits per heavy atom. The average Bonchev–Trinajstić information content (AvgIpc) is 2.95. The molecule has 0 saturated carbocycles. The van der Waals surface area contributed by atoms with Crippen LogP contribution in [0.15, 0.2) is 42.9 Å². The zero-order chi connectivity index (χ0) is 28.1. The SMILES string of the molecule is Cl.O=C(NO)C1(S(=O)(=O)N2CCN(c3ccc(OCCCC(F)(F)F)cc3)CC2)CCN(c2cnccn2)CC1. The molecule has 222 valence electrons. The number of hydrogen-bond donors (Lipinski definition) is 2. The normalized spacial score (nSPS) is 18.1. The number of hydrogen-bond acceptors (Lipinski definition) is 9. The number of benzene rings is 1. The maximum absolute atomic E-state index is 13.8. The van der Waals surface area contributed by atoms with E-state index in [9.17, 15) is 31.6 Å². The number of alkyl halides is 3. The molecule has 0 unspecified atom stereocenters. The minimum atomic E-state index is -4.21. The van der Waals surface area contributed by atoms with Crippen LogP contribution >= 0.6 is 12.4 Å². The second kappa shape index (κ2) is 13.2. The number of carbonyl (C=O) groups excluding carboxylic acids is 1. The highest BCUT2D eigenvalue weighted by molar-refractivity contribution is 7.91. The predicted octanol–water partition coefficient (Wildman–Crippen LogP) is 2.62. The summed E-state index contributed by atoms with van der Waals surface area (Å²) < 4.78 is 69.2. The Kier molecular flexibility index (Phi) is 10.4. The third kappa shape index (κ3) is 7.06. The number of nitrogens with one attached hydrogen (secondary N) is 1. The van der Waals surface area contributed by atoms with Gasteiger partial charge >= 0.3 is 6.18 Å². The topological polar surface area (TPSA) is 128 Å². The van der Waals surface area contributed by atoms with Gasteiger partial charge in [0.1, 0.15) is 11.6 Å². The summed E-state index contributed by atoms with van der Waals surface area (Å²) in [5.41, 5.74) is 2.39. The van der Waals surface area contributed by atoms with E-state index in [-0.39, 0.29) is 64.5 Å². The lowest BCUT2D eigenvalue weighted by Gasteiger charge is -2.44. The Labute approximate surface area is 236 Å². The van der Waals surface area contributed by atoms with Crippen molar-refractivity contribution in [2.45, 2.75) is 36.6 Å². The largest absolute Gasteiger partial charge is 0.494 e. The number of piperazine rings is 1. The van der Waals surface area contributed by atoms with Crippen LogP contribution in [0.5, 0.6) is 5.75 Å². The molecule has 0 spiro atoms. The van der Waals surface area contributed by atoms with E-state index in [2.05, 4.69) is 9.97 Å². The van der Waals surface area contributed by atoms with Crippen LogP contribution in [-0.2, 0) is 14.8 Å². The number of hydroxylamine groups is 1. The number of ether oxygens (including phenoxy) is 1. The standard InChI is InChI=1S/C24H31F3N6O5S.ClH/c25-24(26,27)6-1-17-38-20-4-2-19(3-5-20)31-13-15-33(16-14-31)39(36,37)23(22(34)30-35)7-11-32(12-8-23)21-18-28-9-10-29-21;/h2-5,9-10,18,35H,1,6-8,11-17H2,(H,30,34);1H. The molecule has 40 heavy (non-hydrogen) atoms. The minimum Gasteiger partial charge on any atom is -0.494 e. The van der Waals surface area contributed by atoms with Crippen molar-refractivity contribution in [3.8, 4) is 5.75 Å². The summed E-state index contributed by atoms with van der Waals surface area (Å²) >= 11 is 0. The average molecular weight is 609 g/mol. The van der Waals surface area contributed by atoms with Crippen LogP contribution in [0.25, 0.3) is 0 Å². The molecule has 2 aliphatic heterocycles. The Bertz CT molecular complexity index is 1210. The van der Waals surface area contributed by atoms with Crippen molar-refractivity contribution >= 4 is 39.8 Å². The lowest BCUT2D eigenvalue weighted by atomic mass is 9.95. The number of halogens is 4. The van der Waals surface area contributed by atoms with E-state index < -0.39 is 33.3 Å². The van der Waals surface area contributed by atoms with Gasteiger partial charge < -0.3 is 14.5 Å². The van der Waals surface area contributed by atoms with Crippen LogP contribution in [0.4, 0.5) is 24.7 Å². The van der Waals surface area contributed by atoms with E-state index in [1.807, 2.05) is 9.80 Å². The molecular weight excluding hydrogens is 577 g/mol. The number of sulfonamides is 1. The highest BCUT2D eigenvalue weighted by atomic mass is 35.5. The highest BCUT2D eigenvalue weighted by Crippen LogP contribution is 2.35. The summed E-state index contributed by atoms with van der Waals surface area (Å²) in [6.07, 6.45) is -0.654. The third-order valence-electron chi connectivity index (χ3n) is 7.11. The van der Waals surface area contributed by atoms with E-state index in [0.29, 0.717) is 24.7 Å². The van der Waals surface area contributed by atoms with Gasteiger partial charge in [0.25, 0.3) is 5.91 Å². The van der Waals surface area contributed by atoms with Crippen LogP contribution in [0.1, 0.15) is 25.7 Å². The molecule has 2 saturated heterocycles. The Hall–Kier alpha value is -2.88. The van der Waals surface area contributed by atoms with E-state index in [0.717, 1.165) is 5.69 Å². The number of anilines is 2. The number of aromatic nitrogens is 2. The molecule has 2 aromatic rings. The van der Waals surface area contributed by atoms with Gasteiger partial charge in [-0.15, -0.1) is 12.4 Å². The monoisotopic (exact) mass is 608 g/mol. The van der Waals surface area contributed by atoms with Crippen molar-refractivity contribution in [2.24, 2.45) is 0 Å². The van der Waals surface area contributed by atoms with E-state index in [1.54, 1.807) is 35.9 Å². The van der Waals surface area contributed by atoms with Gasteiger partial charge in [0.2, 0.25) is 10.0 Å². The Morgan fingerprint density at radius 2 is 1.68 bits per heavy atom. The van der Waals surface area contributed by atoms with Crippen molar-refractivity contribution in [3.63, 3.8) is 0 Å². The Balaban J connectivity index is 0.00000441. The van der Waals surface area contributed by atoms with Gasteiger partial charge in [-0.2, -0.15) is 17.5 Å². The van der Waals surface area contributed by atoms with Crippen LogP contribution in [0.3, 0.4) is 0 Å². The van der Waals surface area contributed by atoms with Crippen molar-refractivity contribution < 1.29 is 36.3 Å². The Morgan fingerprint density at radius 1 is 1.02 bits per heavy atom. The molecule has 0 bridgehead atoms. The second-order valence-electron chi connectivity index (χ2n) is 9.44. The van der Waals surface area contributed by atoms with Gasteiger partial charge in [0, 0.05) is 63.8 Å². The molecule has 16 heteroatoms. The van der Waals surface area contributed by atoms with Crippen molar-refractivity contribution in [1.29, 1.82) is 0 Å². The number of nitrogens with zero attached hydrogens (tertiary/aromatic N) is 5. The minimum absolute atomic E-state index is 0. The number of rotatable bonds is 9. The van der Waals surface area contributed by atoms with E-state index in [1.165, 1.54) is 16.7 Å². The smallest absolute Gasteiger partial charge is 0.389 e. The van der Waals surface area contributed by atoms with Crippen LogP contribution in [-0.4, -0.2) is 90.6 Å². The fourth-order valence-corrected chi connectivity index (χ4v) is 7.02. The first-order chi connectivity index (χ1) is 18.6. The van der Waals surface area contributed by atoms with Crippen molar-refractivity contribution in [1.82, 2.24) is 19.8 Å². The summed E-state index contributed by atoms with van der Waals surface area (Å²) in [5.74, 6) is 0.0840. The lowest BCUT2D eigenvalue weighted by Crippen LogP contribution is -2.63. The zero-order valence-electron chi connectivity index (χ0n) is 21.6. The molecule has 0 atom stereocenters. The van der Waals surface area contributed by atoms with Crippen LogP contribution < -0.4 is 20.0 Å². The highest BCUT2D eigenvalue weighted by Gasteiger charge is 2.55. The van der Waals surface area contributed by atoms with Crippen molar-refractivity contribution in [3.05, 3.63) is 42.9 Å². The van der Waals surface area contributed by atoms with E-state index in [4.69, 9.17) is 4.74 Å². The molecule has 1 aromatic heterocycles. The van der Waals surface area contributed by atoms with Gasteiger partial charge in [-0.25, -0.2) is 18.9 Å². The van der Waals surface area contributed by atoms with Gasteiger partial charge in [-0.05, 0) is 43.5 Å². The molecular formula is C24H32ClF3N6O5S. The molecule has 0 radical (unpaired) electrons. The summed E-state index contributed by atoms with van der Waals surface area (Å²) in [6.45, 7) is 1.47. The third-order valence-corrected chi connectivity index (χ3v) is 9.73. The summed E-state index contributed by atoms with van der Waals surface area (Å²) in [7, 11) is -4.13. The van der Waals surface area contributed by atoms with E-state index >= 15 is 0 Å². The maximum atomic E-state index is 13.8. The summed E-state index contributed by atoms with van der Waals surface area (Å²) in [4.78, 5) is 24.9. The van der Waals surface area contributed by atoms with Gasteiger partial charge in [-0.1, -0.05) is 0 Å². The van der Waals surface area contributed by atoms with Crippen molar-refractivity contribution in [2.75, 3.05) is 55.7 Å². The first kappa shape index (κ1) is 31.6. The summed E-state index contributed by atoms with van der Waals surface area (Å²) in [5, 5.41) is 9.43. The second-order valence-corrected chi connectivity index (χ2v) is 11.7. The predicted molar refractivity (Wildman–Crippen MR) is 143 cm³/mol. The van der Waals surface area contributed by atoms with Gasteiger partial charge in [0.15, 0.2) is 4.75 Å². The molecule has 1 amide bonds. The first-order valence-corrected chi connectivity index (χ1v) is 14.0. The molecule has 2 fully saturated rings. The van der Waals surface area contributed by atoms with Crippen LogP contribution in [0, 0.1) is 0 Å². The van der Waals surface area contributed by atoms with Crippen LogP contribution in [0.2, 0.25) is 0 Å². The zero-order valence-corrected chi connectivity index (χ0v) is 23.2. The summed E-state index contributed by atoms with van der Waals surface area (Å²) in [6, 6.07) is 6.87. The van der Waals surface area contributed by atoms with Gasteiger partial charge in [-0.3, -0.25) is 15.0 Å². The maximum Gasteiger partial charge on any atom is 0.389 e. The molecule has 3 heterocycles. The molecule has 1 aromatic carbocycles. The fourth-order valence-electron chi connectivity index (χ4n) is 4.91. The number of piperidine rings is 1. The number of carbonyl (C=O) groups is 1.